The van der Waals surface area contributed by atoms with Crippen LogP contribution >= 0.6 is 11.3 Å². The number of methoxy groups -OCH3 is 1. The number of hydrogen-bond acceptors (Lipinski definition) is 5. The standard InChI is InChI=1S/C26H24N4O2S/c1-18-11-12-22(32-2)23-24(18)33-26(28-23)30(15-6-14-29-16-13-27-17-29)25(31)21-10-5-8-19-7-3-4-9-20(19)21/h3-5,7-13,16-17H,6,14-15H2,1-2H3. The van der Waals surface area contributed by atoms with Crippen LogP contribution in [0.2, 0.25) is 0 Å². The van der Waals surface area contributed by atoms with E-state index < -0.39 is 0 Å². The normalized spacial score (nSPS) is 11.2. The molecule has 6 nitrogen and oxygen atoms in total. The van der Waals surface area contributed by atoms with Crippen molar-refractivity contribution < 1.29 is 9.53 Å². The zero-order valence-electron chi connectivity index (χ0n) is 18.6. The minimum atomic E-state index is -0.0480. The van der Waals surface area contributed by atoms with Crippen LogP contribution in [0.25, 0.3) is 21.0 Å². The minimum Gasteiger partial charge on any atom is -0.494 e. The van der Waals surface area contributed by atoms with Gasteiger partial charge in [0, 0.05) is 31.0 Å². The highest BCUT2D eigenvalue weighted by atomic mass is 32.1. The number of fused-ring (bicyclic) bond motifs is 2. The molecule has 0 fully saturated rings. The van der Waals surface area contributed by atoms with E-state index in [0.717, 1.165) is 39.5 Å². The number of carbonyl (C=O) groups is 1. The van der Waals surface area contributed by atoms with Gasteiger partial charge in [-0.3, -0.25) is 9.69 Å². The minimum absolute atomic E-state index is 0.0480. The van der Waals surface area contributed by atoms with Crippen molar-refractivity contribution in [2.75, 3.05) is 18.6 Å². The lowest BCUT2D eigenvalue weighted by molar-refractivity contribution is 0.0988. The predicted octanol–water partition coefficient (Wildman–Crippen LogP) is 5.70. The van der Waals surface area contributed by atoms with E-state index in [2.05, 4.69) is 11.9 Å². The summed E-state index contributed by atoms with van der Waals surface area (Å²) in [6.07, 6.45) is 6.27. The molecule has 3 aromatic carbocycles. The first-order valence-electron chi connectivity index (χ1n) is 10.8. The summed E-state index contributed by atoms with van der Waals surface area (Å²) in [6, 6.07) is 17.8. The smallest absolute Gasteiger partial charge is 0.260 e. The van der Waals surface area contributed by atoms with E-state index in [-0.39, 0.29) is 5.91 Å². The van der Waals surface area contributed by atoms with Gasteiger partial charge >= 0.3 is 0 Å². The highest BCUT2D eigenvalue weighted by Crippen LogP contribution is 2.37. The Hall–Kier alpha value is -3.71. The molecular weight excluding hydrogens is 432 g/mol. The van der Waals surface area contributed by atoms with Gasteiger partial charge in [-0.2, -0.15) is 0 Å². The Morgan fingerprint density at radius 1 is 1.12 bits per heavy atom. The summed E-state index contributed by atoms with van der Waals surface area (Å²) in [5, 5.41) is 2.67. The van der Waals surface area contributed by atoms with Crippen molar-refractivity contribution in [3.8, 4) is 5.75 Å². The van der Waals surface area contributed by atoms with Crippen LogP contribution in [0.1, 0.15) is 22.3 Å². The second-order valence-electron chi connectivity index (χ2n) is 7.90. The molecule has 166 valence electrons. The first-order valence-corrected chi connectivity index (χ1v) is 11.7. The summed E-state index contributed by atoms with van der Waals surface area (Å²) >= 11 is 1.53. The van der Waals surface area contributed by atoms with Gasteiger partial charge in [0.05, 0.1) is 18.1 Å². The van der Waals surface area contributed by atoms with E-state index in [9.17, 15) is 4.79 Å². The van der Waals surface area contributed by atoms with Crippen LogP contribution in [-0.2, 0) is 6.54 Å². The van der Waals surface area contributed by atoms with E-state index in [0.29, 0.717) is 23.0 Å². The fourth-order valence-electron chi connectivity index (χ4n) is 4.05. The first-order chi connectivity index (χ1) is 16.2. The maximum atomic E-state index is 13.9. The Labute approximate surface area is 196 Å². The summed E-state index contributed by atoms with van der Waals surface area (Å²) in [4.78, 5) is 24.7. The largest absolute Gasteiger partial charge is 0.494 e. The van der Waals surface area contributed by atoms with E-state index >= 15 is 0 Å². The third-order valence-corrected chi connectivity index (χ3v) is 6.98. The molecule has 0 N–H and O–H groups in total. The number of benzene rings is 3. The van der Waals surface area contributed by atoms with Crippen LogP contribution in [0.3, 0.4) is 0 Å². The van der Waals surface area contributed by atoms with Crippen LogP contribution in [0, 0.1) is 6.92 Å². The summed E-state index contributed by atoms with van der Waals surface area (Å²) in [7, 11) is 1.65. The Kier molecular flexibility index (Phi) is 5.79. The number of imidazole rings is 1. The van der Waals surface area contributed by atoms with Gasteiger partial charge < -0.3 is 9.30 Å². The van der Waals surface area contributed by atoms with Gasteiger partial charge in [0.25, 0.3) is 5.91 Å². The van der Waals surface area contributed by atoms with E-state index in [4.69, 9.17) is 9.72 Å². The molecule has 0 saturated carbocycles. The zero-order chi connectivity index (χ0) is 22.8. The molecule has 0 saturated heterocycles. The number of aromatic nitrogens is 3. The number of aryl methyl sites for hydroxylation is 2. The second-order valence-corrected chi connectivity index (χ2v) is 8.87. The number of hydrogen-bond donors (Lipinski definition) is 0. The number of nitrogens with zero attached hydrogens (tertiary/aromatic N) is 4. The van der Waals surface area contributed by atoms with Crippen molar-refractivity contribution in [1.29, 1.82) is 0 Å². The van der Waals surface area contributed by atoms with Crippen LogP contribution in [0.4, 0.5) is 5.13 Å². The molecule has 0 aliphatic rings. The van der Waals surface area contributed by atoms with Crippen molar-refractivity contribution >= 4 is 43.4 Å². The fourth-order valence-corrected chi connectivity index (χ4v) is 5.13. The lowest BCUT2D eigenvalue weighted by Gasteiger charge is -2.21. The fraction of sp³-hybridized carbons (Fsp3) is 0.192. The highest BCUT2D eigenvalue weighted by Gasteiger charge is 2.24. The third-order valence-electron chi connectivity index (χ3n) is 5.77. The molecule has 0 radical (unpaired) electrons. The van der Waals surface area contributed by atoms with Gasteiger partial charge in [0.1, 0.15) is 11.3 Å². The van der Waals surface area contributed by atoms with Crippen LogP contribution in [0.15, 0.2) is 73.3 Å². The quantitative estimate of drug-likeness (QED) is 0.315. The monoisotopic (exact) mass is 456 g/mol. The molecule has 0 unspecified atom stereocenters. The molecule has 0 bridgehead atoms. The van der Waals surface area contributed by atoms with Gasteiger partial charge in [-0.25, -0.2) is 9.97 Å². The maximum absolute atomic E-state index is 13.9. The highest BCUT2D eigenvalue weighted by molar-refractivity contribution is 7.22. The molecule has 1 amide bonds. The number of amides is 1. The SMILES string of the molecule is COc1ccc(C)c2sc(N(CCCn3ccnc3)C(=O)c3cccc4ccccc34)nc12. The molecule has 0 atom stereocenters. The summed E-state index contributed by atoms with van der Waals surface area (Å²) in [6.45, 7) is 3.37. The molecule has 2 aromatic heterocycles. The van der Waals surface area contributed by atoms with Crippen LogP contribution < -0.4 is 9.64 Å². The molecule has 7 heteroatoms. The molecule has 0 aliphatic carbocycles. The van der Waals surface area contributed by atoms with Gasteiger partial charge in [-0.05, 0) is 41.8 Å². The Morgan fingerprint density at radius 2 is 1.97 bits per heavy atom. The number of anilines is 1. The molecule has 0 aliphatic heterocycles. The Morgan fingerprint density at radius 3 is 2.79 bits per heavy atom. The van der Waals surface area contributed by atoms with Crippen molar-refractivity contribution in [3.63, 3.8) is 0 Å². The van der Waals surface area contributed by atoms with Crippen molar-refractivity contribution in [3.05, 3.63) is 84.4 Å². The third kappa shape index (κ3) is 4.07. The van der Waals surface area contributed by atoms with E-state index in [1.165, 1.54) is 11.3 Å². The summed E-state index contributed by atoms with van der Waals surface area (Å²) in [5.41, 5.74) is 2.59. The molecule has 33 heavy (non-hydrogen) atoms. The molecular formula is C26H24N4O2S. The molecule has 0 spiro atoms. The van der Waals surface area contributed by atoms with Gasteiger partial charge in [0.15, 0.2) is 5.13 Å². The van der Waals surface area contributed by atoms with Crippen molar-refractivity contribution in [1.82, 2.24) is 14.5 Å². The summed E-state index contributed by atoms with van der Waals surface area (Å²) in [5.74, 6) is 0.669. The number of thiazole rings is 1. The second kappa shape index (κ2) is 9.03. The van der Waals surface area contributed by atoms with Gasteiger partial charge in [-0.1, -0.05) is 53.8 Å². The molecule has 2 heterocycles. The average Bonchev–Trinajstić information content (AvgIpc) is 3.52. The first kappa shape index (κ1) is 21.2. The lowest BCUT2D eigenvalue weighted by Crippen LogP contribution is -2.32. The van der Waals surface area contributed by atoms with Crippen LogP contribution in [-0.4, -0.2) is 34.1 Å². The topological polar surface area (TPSA) is 60.2 Å². The number of rotatable bonds is 7. The van der Waals surface area contributed by atoms with Crippen molar-refractivity contribution in [2.24, 2.45) is 0 Å². The number of carbonyl (C=O) groups excluding carboxylic acids is 1. The lowest BCUT2D eigenvalue weighted by atomic mass is 10.0. The molecule has 5 aromatic rings. The zero-order valence-corrected chi connectivity index (χ0v) is 19.4. The van der Waals surface area contributed by atoms with Gasteiger partial charge in [0.2, 0.25) is 0 Å². The maximum Gasteiger partial charge on any atom is 0.260 e. The molecule has 5 rings (SSSR count). The van der Waals surface area contributed by atoms with Crippen LogP contribution in [0.5, 0.6) is 5.75 Å². The van der Waals surface area contributed by atoms with Crippen molar-refractivity contribution in [2.45, 2.75) is 19.9 Å². The Balaban J connectivity index is 1.56. The van der Waals surface area contributed by atoms with E-state index in [1.54, 1.807) is 19.6 Å². The van der Waals surface area contributed by atoms with E-state index in [1.807, 2.05) is 70.3 Å². The summed E-state index contributed by atoms with van der Waals surface area (Å²) < 4.78 is 8.60. The predicted molar refractivity (Wildman–Crippen MR) is 133 cm³/mol. The average molecular weight is 457 g/mol. The Bertz CT molecular complexity index is 1420. The number of ether oxygens (including phenoxy) is 1. The van der Waals surface area contributed by atoms with Gasteiger partial charge in [-0.15, -0.1) is 0 Å².